The lowest BCUT2D eigenvalue weighted by molar-refractivity contribution is -0.104. The van der Waals surface area contributed by atoms with Gasteiger partial charge >= 0.3 is 0 Å². The van der Waals surface area contributed by atoms with E-state index in [0.717, 1.165) is 18.4 Å². The molecule has 1 saturated carbocycles. The van der Waals surface area contributed by atoms with Crippen LogP contribution in [0.1, 0.15) is 43.2 Å². The number of nitrogens with zero attached hydrogens (tertiary/aromatic N) is 2. The highest BCUT2D eigenvalue weighted by atomic mass is 79.9. The highest BCUT2D eigenvalue weighted by molar-refractivity contribution is 9.09. The zero-order chi connectivity index (χ0) is 16.0. The maximum absolute atomic E-state index is 14.1. The molecule has 0 amide bonds. The van der Waals surface area contributed by atoms with E-state index in [1.165, 1.54) is 25.3 Å². The second-order valence-electron chi connectivity index (χ2n) is 6.49. The molecule has 1 N–H and O–H groups in total. The van der Waals surface area contributed by atoms with Crippen LogP contribution < -0.4 is 0 Å². The van der Waals surface area contributed by atoms with E-state index in [9.17, 15) is 9.50 Å². The lowest BCUT2D eigenvalue weighted by Gasteiger charge is -2.40. The molecule has 1 aromatic carbocycles. The van der Waals surface area contributed by atoms with Crippen LogP contribution in [0.2, 0.25) is 0 Å². The molecule has 6 heteroatoms. The van der Waals surface area contributed by atoms with Crippen molar-refractivity contribution in [3.63, 3.8) is 0 Å². The van der Waals surface area contributed by atoms with Gasteiger partial charge in [0.25, 0.3) is 0 Å². The standard InChI is InChI=1S/C17H20BrFN2O2/c18-14-16(22)20-15-11-7-4-8-13(19)12(11)9-21(15)17(14)23-10-5-2-1-3-6-10/h4,7-8,10,14,16-17,22H,1-3,5-6,9H2. The average molecular weight is 383 g/mol. The number of alkyl halides is 1. The van der Waals surface area contributed by atoms with E-state index in [2.05, 4.69) is 20.9 Å². The van der Waals surface area contributed by atoms with E-state index >= 15 is 0 Å². The van der Waals surface area contributed by atoms with Crippen LogP contribution in [0.4, 0.5) is 4.39 Å². The molecule has 0 saturated heterocycles. The molecule has 1 aliphatic carbocycles. The van der Waals surface area contributed by atoms with Crippen LogP contribution in [-0.2, 0) is 11.3 Å². The molecule has 1 aromatic rings. The minimum Gasteiger partial charge on any atom is -0.370 e. The van der Waals surface area contributed by atoms with Crippen LogP contribution in [0, 0.1) is 5.82 Å². The van der Waals surface area contributed by atoms with E-state index in [0.29, 0.717) is 17.9 Å². The van der Waals surface area contributed by atoms with E-state index in [1.807, 2.05) is 11.0 Å². The number of aliphatic imine (C=N–C) groups is 1. The summed E-state index contributed by atoms with van der Waals surface area (Å²) in [5, 5.41) is 10.3. The van der Waals surface area contributed by atoms with Gasteiger partial charge in [-0.2, -0.15) is 0 Å². The minimum atomic E-state index is -0.885. The van der Waals surface area contributed by atoms with Crippen molar-refractivity contribution in [3.05, 3.63) is 35.1 Å². The van der Waals surface area contributed by atoms with Crippen molar-refractivity contribution in [1.82, 2.24) is 4.90 Å². The molecule has 0 spiro atoms. The van der Waals surface area contributed by atoms with Gasteiger partial charge in [0.2, 0.25) is 0 Å². The Morgan fingerprint density at radius 3 is 2.83 bits per heavy atom. The number of halogens is 2. The molecule has 23 heavy (non-hydrogen) atoms. The molecule has 3 unspecified atom stereocenters. The SMILES string of the molecule is OC1N=C2c3cccc(F)c3CN2C(OC2CCCCC2)C1Br. The molecule has 2 heterocycles. The van der Waals surface area contributed by atoms with Crippen LogP contribution in [0.15, 0.2) is 23.2 Å². The van der Waals surface area contributed by atoms with Crippen molar-refractivity contribution in [2.75, 3.05) is 0 Å². The largest absolute Gasteiger partial charge is 0.370 e. The maximum Gasteiger partial charge on any atom is 0.164 e. The molecule has 0 aromatic heterocycles. The van der Waals surface area contributed by atoms with Crippen LogP contribution >= 0.6 is 15.9 Å². The summed E-state index contributed by atoms with van der Waals surface area (Å²) >= 11 is 3.53. The smallest absolute Gasteiger partial charge is 0.164 e. The highest BCUT2D eigenvalue weighted by Gasteiger charge is 2.44. The molecule has 1 fully saturated rings. The average Bonchev–Trinajstić information content (AvgIpc) is 2.93. The second-order valence-corrected chi connectivity index (χ2v) is 7.55. The number of hydrogen-bond donors (Lipinski definition) is 1. The number of ether oxygens (including phenoxy) is 1. The Hall–Kier alpha value is -0.980. The summed E-state index contributed by atoms with van der Waals surface area (Å²) in [5.41, 5.74) is 1.40. The minimum absolute atomic E-state index is 0.203. The lowest BCUT2D eigenvalue weighted by Crippen LogP contribution is -2.53. The van der Waals surface area contributed by atoms with E-state index in [-0.39, 0.29) is 23.0 Å². The first-order valence-corrected chi connectivity index (χ1v) is 9.16. The molecular formula is C17H20BrFN2O2. The molecule has 0 bridgehead atoms. The summed E-state index contributed by atoms with van der Waals surface area (Å²) in [6.07, 6.45) is 4.72. The van der Waals surface area contributed by atoms with Crippen molar-refractivity contribution in [3.8, 4) is 0 Å². The van der Waals surface area contributed by atoms with Gasteiger partial charge < -0.3 is 14.7 Å². The van der Waals surface area contributed by atoms with Crippen molar-refractivity contribution in [2.45, 2.75) is 62.0 Å². The number of amidine groups is 1. The zero-order valence-electron chi connectivity index (χ0n) is 12.8. The van der Waals surface area contributed by atoms with Gasteiger partial charge in [0.05, 0.1) is 12.6 Å². The fraction of sp³-hybridized carbons (Fsp3) is 0.588. The summed E-state index contributed by atoms with van der Waals surface area (Å²) in [6.45, 7) is 0.438. The third-order valence-electron chi connectivity index (χ3n) is 4.96. The first kappa shape index (κ1) is 15.5. The first-order valence-electron chi connectivity index (χ1n) is 8.25. The quantitative estimate of drug-likeness (QED) is 0.799. The fourth-order valence-electron chi connectivity index (χ4n) is 3.75. The number of fused-ring (bicyclic) bond motifs is 3. The van der Waals surface area contributed by atoms with E-state index < -0.39 is 6.23 Å². The summed E-state index contributed by atoms with van der Waals surface area (Å²) in [6, 6.07) is 5.01. The molecular weight excluding hydrogens is 363 g/mol. The maximum atomic E-state index is 14.1. The molecule has 0 radical (unpaired) electrons. The van der Waals surface area contributed by atoms with Crippen molar-refractivity contribution >= 4 is 21.8 Å². The van der Waals surface area contributed by atoms with E-state index in [4.69, 9.17) is 4.74 Å². The Labute approximate surface area is 143 Å². The molecule has 4 rings (SSSR count). The van der Waals surface area contributed by atoms with Gasteiger partial charge in [-0.25, -0.2) is 9.38 Å². The van der Waals surface area contributed by atoms with Gasteiger partial charge in [-0.3, -0.25) is 0 Å². The van der Waals surface area contributed by atoms with Gasteiger partial charge in [0.15, 0.2) is 6.23 Å². The van der Waals surface area contributed by atoms with Crippen LogP contribution in [0.25, 0.3) is 0 Å². The number of aliphatic hydroxyl groups is 1. The summed E-state index contributed by atoms with van der Waals surface area (Å²) in [4.78, 5) is 6.02. The highest BCUT2D eigenvalue weighted by Crippen LogP contribution is 2.36. The predicted molar refractivity (Wildman–Crippen MR) is 88.9 cm³/mol. The van der Waals surface area contributed by atoms with Gasteiger partial charge in [-0.1, -0.05) is 47.3 Å². The topological polar surface area (TPSA) is 45.1 Å². The number of benzene rings is 1. The first-order chi connectivity index (χ1) is 11.1. The normalized spacial score (nSPS) is 30.8. The van der Waals surface area contributed by atoms with Crippen molar-refractivity contribution < 1.29 is 14.2 Å². The summed E-state index contributed by atoms with van der Waals surface area (Å²) in [5.74, 6) is 0.417. The Morgan fingerprint density at radius 1 is 1.26 bits per heavy atom. The number of rotatable bonds is 2. The molecule has 3 aliphatic rings. The monoisotopic (exact) mass is 382 g/mol. The van der Waals surface area contributed by atoms with Crippen molar-refractivity contribution in [2.24, 2.45) is 4.99 Å². The van der Waals surface area contributed by atoms with Crippen molar-refractivity contribution in [1.29, 1.82) is 0 Å². The summed E-state index contributed by atoms with van der Waals surface area (Å²) in [7, 11) is 0. The number of aliphatic hydroxyl groups excluding tert-OH is 1. The van der Waals surface area contributed by atoms with Gasteiger partial charge in [0.1, 0.15) is 22.7 Å². The van der Waals surface area contributed by atoms with Gasteiger partial charge in [-0.05, 0) is 18.9 Å². The zero-order valence-corrected chi connectivity index (χ0v) is 14.4. The van der Waals surface area contributed by atoms with Crippen LogP contribution in [0.3, 0.4) is 0 Å². The predicted octanol–water partition coefficient (Wildman–Crippen LogP) is 3.16. The fourth-order valence-corrected chi connectivity index (χ4v) is 4.27. The van der Waals surface area contributed by atoms with Gasteiger partial charge in [-0.15, -0.1) is 0 Å². The molecule has 2 aliphatic heterocycles. The molecule has 4 nitrogen and oxygen atoms in total. The third kappa shape index (κ3) is 2.71. The Morgan fingerprint density at radius 2 is 2.04 bits per heavy atom. The Bertz CT molecular complexity index is 633. The van der Waals surface area contributed by atoms with E-state index in [1.54, 1.807) is 6.07 Å². The number of hydrogen-bond acceptors (Lipinski definition) is 4. The van der Waals surface area contributed by atoms with Crippen LogP contribution in [0.5, 0.6) is 0 Å². The van der Waals surface area contributed by atoms with Gasteiger partial charge in [0, 0.05) is 11.1 Å². The van der Waals surface area contributed by atoms with Crippen LogP contribution in [-0.4, -0.2) is 39.2 Å². The lowest BCUT2D eigenvalue weighted by atomic mass is 9.97. The molecule has 3 atom stereocenters. The Balaban J connectivity index is 1.64. The molecule has 124 valence electrons. The Kier molecular flexibility index (Phi) is 4.15. The third-order valence-corrected chi connectivity index (χ3v) is 5.89. The second kappa shape index (κ2) is 6.15. The summed E-state index contributed by atoms with van der Waals surface area (Å²) < 4.78 is 20.4.